The smallest absolute Gasteiger partial charge is 0.466 e. The highest BCUT2D eigenvalue weighted by atomic mass is 32.2. The number of carbonyl (C=O) groups excluding carboxylic acids is 1. The van der Waals surface area contributed by atoms with Crippen LogP contribution < -0.4 is 9.47 Å². The van der Waals surface area contributed by atoms with Crippen molar-refractivity contribution in [2.45, 2.75) is 51.7 Å². The summed E-state index contributed by atoms with van der Waals surface area (Å²) in [6.07, 6.45) is -10.3. The average molecular weight is 759 g/mol. The Morgan fingerprint density at radius 1 is 0.588 bits per heavy atom. The summed E-state index contributed by atoms with van der Waals surface area (Å²) < 4.78 is 170. The molecule has 4 aromatic rings. The minimum atomic E-state index is -5.14. The Kier molecular flexibility index (Phi) is 13.3. The van der Waals surface area contributed by atoms with Crippen LogP contribution in [-0.4, -0.2) is 31.1 Å². The van der Waals surface area contributed by atoms with E-state index in [1.54, 1.807) is 6.92 Å². The minimum absolute atomic E-state index is 0.0141. The average Bonchev–Trinajstić information content (AvgIpc) is 3.03. The predicted molar refractivity (Wildman–Crippen MR) is 163 cm³/mol. The molecule has 51 heavy (non-hydrogen) atoms. The highest BCUT2D eigenvalue weighted by Crippen LogP contribution is 2.41. The lowest BCUT2D eigenvalue weighted by molar-refractivity contribution is -0.276. The molecule has 0 amide bonds. The minimum Gasteiger partial charge on any atom is -0.466 e. The number of ether oxygens (including phenoxy) is 3. The zero-order chi connectivity index (χ0) is 38.4. The zero-order valence-corrected chi connectivity index (χ0v) is 27.6. The van der Waals surface area contributed by atoms with Crippen LogP contribution >= 0.6 is 11.8 Å². The monoisotopic (exact) mass is 758 g/mol. The molecule has 0 aromatic heterocycles. The van der Waals surface area contributed by atoms with Crippen molar-refractivity contribution in [3.8, 4) is 33.8 Å². The Balaban J connectivity index is 0.000000286. The van der Waals surface area contributed by atoms with Crippen LogP contribution in [-0.2, 0) is 9.53 Å². The van der Waals surface area contributed by atoms with Gasteiger partial charge in [0.1, 0.15) is 0 Å². The van der Waals surface area contributed by atoms with E-state index in [0.29, 0.717) is 17.8 Å². The number of rotatable bonds is 9. The summed E-state index contributed by atoms with van der Waals surface area (Å²) in [5.74, 6) is -10.2. The molecule has 0 saturated carbocycles. The van der Waals surface area contributed by atoms with Crippen molar-refractivity contribution < 1.29 is 71.7 Å². The number of carbonyl (C=O) groups is 1. The molecule has 4 nitrogen and oxygen atoms in total. The van der Waals surface area contributed by atoms with Crippen LogP contribution in [0.5, 0.6) is 11.5 Å². The molecule has 0 atom stereocenters. The van der Waals surface area contributed by atoms with Gasteiger partial charge in [0.05, 0.1) is 17.9 Å². The van der Waals surface area contributed by atoms with Crippen LogP contribution in [0.3, 0.4) is 0 Å². The van der Waals surface area contributed by atoms with E-state index >= 15 is 0 Å². The van der Waals surface area contributed by atoms with Crippen LogP contribution in [0.25, 0.3) is 22.3 Å². The number of halogens is 12. The first-order valence-corrected chi connectivity index (χ1v) is 15.5. The number of thioether (sulfide) groups is 1. The number of hydrogen-bond acceptors (Lipinski definition) is 5. The van der Waals surface area contributed by atoms with Crippen molar-refractivity contribution in [1.82, 2.24) is 0 Å². The first kappa shape index (κ1) is 40.9. The van der Waals surface area contributed by atoms with E-state index in [4.69, 9.17) is 4.74 Å². The molecule has 0 radical (unpaired) electrons. The van der Waals surface area contributed by atoms with Gasteiger partial charge in [0.15, 0.2) is 46.4 Å². The van der Waals surface area contributed by atoms with Gasteiger partial charge in [-0.05, 0) is 68.1 Å². The molecule has 0 bridgehead atoms. The Bertz CT molecular complexity index is 1890. The number of aryl methyl sites for hydroxylation is 2. The van der Waals surface area contributed by atoms with Crippen molar-refractivity contribution >= 4 is 17.7 Å². The van der Waals surface area contributed by atoms with E-state index in [-0.39, 0.29) is 57.7 Å². The molecule has 4 rings (SSSR count). The molecule has 0 N–H and O–H groups in total. The normalized spacial score (nSPS) is 11.5. The predicted octanol–water partition coefficient (Wildman–Crippen LogP) is 11.3. The molecule has 4 aromatic carbocycles. The molecule has 0 spiro atoms. The Morgan fingerprint density at radius 3 is 1.49 bits per heavy atom. The lowest BCUT2D eigenvalue weighted by atomic mass is 9.98. The van der Waals surface area contributed by atoms with Gasteiger partial charge in [-0.1, -0.05) is 30.3 Å². The highest BCUT2D eigenvalue weighted by Gasteiger charge is 2.34. The second kappa shape index (κ2) is 16.7. The molecule has 0 saturated heterocycles. The molecule has 0 unspecified atom stereocenters. The molecule has 0 aliphatic heterocycles. The zero-order valence-electron chi connectivity index (χ0n) is 26.8. The Labute approximate surface area is 287 Å². The fourth-order valence-electron chi connectivity index (χ4n) is 4.43. The van der Waals surface area contributed by atoms with Gasteiger partial charge in [-0.15, -0.1) is 38.1 Å². The Morgan fingerprint density at radius 2 is 1.02 bits per heavy atom. The first-order chi connectivity index (χ1) is 23.7. The van der Waals surface area contributed by atoms with Gasteiger partial charge in [0.25, 0.3) is 0 Å². The van der Waals surface area contributed by atoms with E-state index in [0.717, 1.165) is 25.1 Å². The molecule has 0 fully saturated rings. The molecule has 276 valence electrons. The first-order valence-electron chi connectivity index (χ1n) is 14.5. The summed E-state index contributed by atoms with van der Waals surface area (Å²) in [5, 5.41) is 0. The number of benzene rings is 4. The van der Waals surface area contributed by atoms with Crippen LogP contribution in [0.1, 0.15) is 30.0 Å². The van der Waals surface area contributed by atoms with Crippen molar-refractivity contribution in [2.75, 3.05) is 12.4 Å². The van der Waals surface area contributed by atoms with Crippen LogP contribution in [0, 0.1) is 55.7 Å². The molecule has 0 heterocycles. The van der Waals surface area contributed by atoms with Gasteiger partial charge >= 0.3 is 18.7 Å². The van der Waals surface area contributed by atoms with E-state index in [1.165, 1.54) is 38.1 Å². The van der Waals surface area contributed by atoms with E-state index < -0.39 is 70.0 Å². The van der Waals surface area contributed by atoms with Crippen LogP contribution in [0.2, 0.25) is 0 Å². The summed E-state index contributed by atoms with van der Waals surface area (Å²) in [5.41, 5.74) is -0.978. The maximum atomic E-state index is 14.8. The molecular weight excluding hydrogens is 732 g/mol. The lowest BCUT2D eigenvalue weighted by Crippen LogP contribution is -2.18. The number of hydrogen-bond donors (Lipinski definition) is 0. The van der Waals surface area contributed by atoms with Crippen molar-refractivity contribution in [1.29, 1.82) is 0 Å². The van der Waals surface area contributed by atoms with Gasteiger partial charge in [0, 0.05) is 22.4 Å². The largest absolute Gasteiger partial charge is 0.573 e. The molecular formula is C34H26F12O4S. The second-order valence-electron chi connectivity index (χ2n) is 10.4. The van der Waals surface area contributed by atoms with Crippen LogP contribution in [0.15, 0.2) is 53.4 Å². The summed E-state index contributed by atoms with van der Waals surface area (Å²) in [6, 6.07) is 8.45. The topological polar surface area (TPSA) is 44.8 Å². The quantitative estimate of drug-likeness (QED) is 0.0966. The third kappa shape index (κ3) is 10.5. The summed E-state index contributed by atoms with van der Waals surface area (Å²) in [7, 11) is 0. The van der Waals surface area contributed by atoms with Gasteiger partial charge in [-0.25, -0.2) is 26.3 Å². The van der Waals surface area contributed by atoms with E-state index in [1.807, 2.05) is 0 Å². The lowest BCUT2D eigenvalue weighted by Gasteiger charge is -2.16. The second-order valence-corrected chi connectivity index (χ2v) is 11.5. The fourth-order valence-corrected chi connectivity index (χ4v) is 5.46. The maximum Gasteiger partial charge on any atom is 0.573 e. The number of alkyl halides is 6. The molecule has 17 heteroatoms. The summed E-state index contributed by atoms with van der Waals surface area (Å²) in [4.78, 5) is 11.0. The third-order valence-corrected chi connectivity index (χ3v) is 7.95. The van der Waals surface area contributed by atoms with Gasteiger partial charge in [-0.2, -0.15) is 0 Å². The van der Waals surface area contributed by atoms with Crippen molar-refractivity contribution in [3.05, 3.63) is 100 Å². The van der Waals surface area contributed by atoms with Gasteiger partial charge < -0.3 is 14.2 Å². The summed E-state index contributed by atoms with van der Waals surface area (Å²) >= 11 is 0.669. The Hall–Kier alpha value is -4.54. The van der Waals surface area contributed by atoms with E-state index in [2.05, 4.69) is 9.47 Å². The number of esters is 1. The van der Waals surface area contributed by atoms with Gasteiger partial charge in [0.2, 0.25) is 0 Å². The van der Waals surface area contributed by atoms with Crippen molar-refractivity contribution in [2.24, 2.45) is 0 Å². The highest BCUT2D eigenvalue weighted by molar-refractivity contribution is 7.99. The molecule has 0 aliphatic rings. The standard InChI is InChI=1S/C19H16F6O3S.C15H10F6O/c1-3-27-14(26)8-9-29-18-12(11-5-4-10(2)15(20)16(11)21)6-7-13(17(18)22)28-19(23,24)25;1-7-3-4-10(14(18)12(7)16)9-5-6-11(13(17)8(9)2)22-15(19,20)21/h4-7H,3,8-9H2,1-2H3;3-6H,1-2H3. The van der Waals surface area contributed by atoms with Crippen molar-refractivity contribution in [3.63, 3.8) is 0 Å². The van der Waals surface area contributed by atoms with Crippen LogP contribution in [0.4, 0.5) is 52.7 Å². The molecule has 0 aliphatic carbocycles. The third-order valence-electron chi connectivity index (χ3n) is 6.85. The van der Waals surface area contributed by atoms with Gasteiger partial charge in [-0.3, -0.25) is 4.79 Å². The fraction of sp³-hybridized carbons (Fsp3) is 0.265. The van der Waals surface area contributed by atoms with E-state index in [9.17, 15) is 57.5 Å². The summed E-state index contributed by atoms with van der Waals surface area (Å²) in [6.45, 7) is 5.57. The maximum absolute atomic E-state index is 14.8. The SMILES string of the molecule is CCOC(=O)CCSc1c(-c2ccc(C)c(F)c2F)ccc(OC(F)(F)F)c1F.Cc1ccc(-c2ccc(OC(F)(F)F)c(F)c2C)c(F)c1F.